The van der Waals surface area contributed by atoms with Crippen molar-refractivity contribution < 1.29 is 22.3 Å². The number of rotatable bonds is 5. The normalized spacial score (nSPS) is 15.8. The first-order chi connectivity index (χ1) is 14.8. The van der Waals surface area contributed by atoms with Crippen molar-refractivity contribution in [2.45, 2.75) is 23.8 Å². The lowest BCUT2D eigenvalue weighted by Crippen LogP contribution is -2.41. The Kier molecular flexibility index (Phi) is 5.67. The summed E-state index contributed by atoms with van der Waals surface area (Å²) in [5, 5.41) is 0.333. The Morgan fingerprint density at radius 3 is 2.48 bits per heavy atom. The van der Waals surface area contributed by atoms with E-state index in [1.807, 2.05) is 0 Å². The molecule has 0 radical (unpaired) electrons. The first kappa shape index (κ1) is 21.3. The molecule has 0 aliphatic carbocycles. The van der Waals surface area contributed by atoms with Gasteiger partial charge in [-0.15, -0.1) is 0 Å². The van der Waals surface area contributed by atoms with Crippen molar-refractivity contribution in [1.82, 2.24) is 13.9 Å². The molecule has 0 spiro atoms. The maximum Gasteiger partial charge on any atom is 0.261 e. The summed E-state index contributed by atoms with van der Waals surface area (Å²) < 4.78 is 53.1. The molecule has 1 fully saturated rings. The van der Waals surface area contributed by atoms with Crippen molar-refractivity contribution in [3.05, 3.63) is 58.9 Å². The van der Waals surface area contributed by atoms with E-state index in [1.165, 1.54) is 53.7 Å². The third-order valence-electron chi connectivity index (χ3n) is 5.55. The van der Waals surface area contributed by atoms with Gasteiger partial charge >= 0.3 is 0 Å². The summed E-state index contributed by atoms with van der Waals surface area (Å²) in [7, 11) is -0.928. The summed E-state index contributed by atoms with van der Waals surface area (Å²) in [6, 6.07) is 8.30. The van der Waals surface area contributed by atoms with Crippen LogP contribution in [0.4, 0.5) is 4.39 Å². The molecule has 2 aromatic carbocycles. The molecule has 1 saturated heterocycles. The lowest BCUT2D eigenvalue weighted by Gasteiger charge is -2.32. The van der Waals surface area contributed by atoms with Crippen molar-refractivity contribution in [3.63, 3.8) is 0 Å². The Morgan fingerprint density at radius 2 is 1.81 bits per heavy atom. The van der Waals surface area contributed by atoms with Crippen LogP contribution < -0.4 is 15.0 Å². The molecule has 3 aromatic rings. The van der Waals surface area contributed by atoms with Gasteiger partial charge in [-0.25, -0.2) is 17.8 Å². The van der Waals surface area contributed by atoms with E-state index in [-0.39, 0.29) is 35.3 Å². The molecule has 0 bridgehead atoms. The van der Waals surface area contributed by atoms with E-state index < -0.39 is 15.8 Å². The third kappa shape index (κ3) is 3.88. The fraction of sp³-hybridized carbons (Fsp3) is 0.333. The zero-order valence-corrected chi connectivity index (χ0v) is 17.9. The molecule has 1 aliphatic rings. The van der Waals surface area contributed by atoms with Gasteiger partial charge < -0.3 is 9.47 Å². The van der Waals surface area contributed by atoms with Gasteiger partial charge in [-0.1, -0.05) is 0 Å². The van der Waals surface area contributed by atoms with Crippen LogP contribution in [0.15, 0.2) is 52.4 Å². The van der Waals surface area contributed by atoms with Crippen molar-refractivity contribution in [2.24, 2.45) is 0 Å². The van der Waals surface area contributed by atoms with Crippen molar-refractivity contribution >= 4 is 20.9 Å². The number of piperidine rings is 1. The molecule has 31 heavy (non-hydrogen) atoms. The summed E-state index contributed by atoms with van der Waals surface area (Å²) in [6.07, 6.45) is 2.30. The molecule has 0 atom stereocenters. The van der Waals surface area contributed by atoms with E-state index >= 15 is 0 Å². The standard InChI is InChI=1S/C21H22FN3O5S/c1-29-16-4-6-19(30-2)20(12-16)31(27,28)24-9-7-15(8-10-24)25-13-23-18-11-14(22)3-5-17(18)21(25)26/h3-6,11-13,15H,7-10H2,1-2H3. The molecule has 8 nitrogen and oxygen atoms in total. The van der Waals surface area contributed by atoms with E-state index in [4.69, 9.17) is 9.47 Å². The number of ether oxygens (including phenoxy) is 2. The van der Waals surface area contributed by atoms with E-state index in [1.54, 1.807) is 12.1 Å². The van der Waals surface area contributed by atoms with Crippen molar-refractivity contribution in [2.75, 3.05) is 27.3 Å². The summed E-state index contributed by atoms with van der Waals surface area (Å²) in [5.41, 5.74) is 0.0344. The molecular formula is C21H22FN3O5S. The molecule has 0 unspecified atom stereocenters. The van der Waals surface area contributed by atoms with Gasteiger partial charge in [-0.3, -0.25) is 9.36 Å². The Hall–Kier alpha value is -2.98. The highest BCUT2D eigenvalue weighted by Crippen LogP contribution is 2.33. The molecule has 1 aliphatic heterocycles. The van der Waals surface area contributed by atoms with Crippen molar-refractivity contribution in [3.8, 4) is 11.5 Å². The number of hydrogen-bond donors (Lipinski definition) is 0. The molecule has 164 valence electrons. The van der Waals surface area contributed by atoms with Gasteiger partial charge in [0, 0.05) is 31.3 Å². The van der Waals surface area contributed by atoms with E-state index in [0.717, 1.165) is 0 Å². The summed E-state index contributed by atoms with van der Waals surface area (Å²) in [6.45, 7) is 0.475. The quantitative estimate of drug-likeness (QED) is 0.597. The minimum Gasteiger partial charge on any atom is -0.497 e. The summed E-state index contributed by atoms with van der Waals surface area (Å²) >= 11 is 0. The number of benzene rings is 2. The topological polar surface area (TPSA) is 90.7 Å². The number of aromatic nitrogens is 2. The fourth-order valence-corrected chi connectivity index (χ4v) is 5.49. The first-order valence-electron chi connectivity index (χ1n) is 9.73. The van der Waals surface area contributed by atoms with Crippen LogP contribution in [0.25, 0.3) is 10.9 Å². The van der Waals surface area contributed by atoms with Crippen LogP contribution in [0, 0.1) is 5.82 Å². The Labute approximate surface area is 178 Å². The zero-order valence-electron chi connectivity index (χ0n) is 17.1. The minimum absolute atomic E-state index is 0.0411. The van der Waals surface area contributed by atoms with Crippen LogP contribution in [0.3, 0.4) is 0 Å². The van der Waals surface area contributed by atoms with E-state index in [9.17, 15) is 17.6 Å². The Morgan fingerprint density at radius 1 is 1.06 bits per heavy atom. The van der Waals surface area contributed by atoms with Gasteiger partial charge in [0.2, 0.25) is 10.0 Å². The summed E-state index contributed by atoms with van der Waals surface area (Å²) in [5.74, 6) is 0.202. The first-order valence-corrected chi connectivity index (χ1v) is 11.2. The van der Waals surface area contributed by atoms with Crippen LogP contribution in [0.1, 0.15) is 18.9 Å². The average molecular weight is 447 g/mol. The molecular weight excluding hydrogens is 425 g/mol. The largest absolute Gasteiger partial charge is 0.497 e. The Bertz CT molecular complexity index is 1280. The fourth-order valence-electron chi connectivity index (χ4n) is 3.85. The van der Waals surface area contributed by atoms with Crippen LogP contribution in [-0.4, -0.2) is 49.6 Å². The third-order valence-corrected chi connectivity index (χ3v) is 7.47. The lowest BCUT2D eigenvalue weighted by molar-refractivity contribution is 0.268. The number of halogens is 1. The Balaban J connectivity index is 1.58. The number of sulfonamides is 1. The van der Waals surface area contributed by atoms with Crippen molar-refractivity contribution in [1.29, 1.82) is 0 Å². The SMILES string of the molecule is COc1ccc(OC)c(S(=O)(=O)N2CCC(n3cnc4cc(F)ccc4c3=O)CC2)c1. The van der Waals surface area contributed by atoms with Gasteiger partial charge in [0.05, 0.1) is 31.4 Å². The second-order valence-electron chi connectivity index (χ2n) is 7.27. The lowest BCUT2D eigenvalue weighted by atomic mass is 10.1. The second-order valence-corrected chi connectivity index (χ2v) is 9.18. The molecule has 10 heteroatoms. The number of methoxy groups -OCH3 is 2. The van der Waals surface area contributed by atoms with Gasteiger partial charge in [-0.05, 0) is 37.1 Å². The molecule has 2 heterocycles. The molecule has 1 aromatic heterocycles. The van der Waals surface area contributed by atoms with E-state index in [0.29, 0.717) is 29.5 Å². The second kappa shape index (κ2) is 8.27. The van der Waals surface area contributed by atoms with Crippen LogP contribution >= 0.6 is 0 Å². The van der Waals surface area contributed by atoms with Gasteiger partial charge in [-0.2, -0.15) is 4.31 Å². The van der Waals surface area contributed by atoms with Gasteiger partial charge in [0.1, 0.15) is 22.2 Å². The van der Waals surface area contributed by atoms with E-state index in [2.05, 4.69) is 4.98 Å². The molecule has 4 rings (SSSR count). The number of fused-ring (bicyclic) bond motifs is 1. The maximum absolute atomic E-state index is 13.4. The highest BCUT2D eigenvalue weighted by molar-refractivity contribution is 7.89. The number of hydrogen-bond acceptors (Lipinski definition) is 6. The van der Waals surface area contributed by atoms with Crippen LogP contribution in [0.2, 0.25) is 0 Å². The van der Waals surface area contributed by atoms with Crippen LogP contribution in [0.5, 0.6) is 11.5 Å². The monoisotopic (exact) mass is 447 g/mol. The summed E-state index contributed by atoms with van der Waals surface area (Å²) in [4.78, 5) is 17.1. The predicted octanol–water partition coefficient (Wildman–Crippen LogP) is 2.58. The smallest absolute Gasteiger partial charge is 0.261 e. The minimum atomic E-state index is -3.81. The molecule has 0 N–H and O–H groups in total. The maximum atomic E-state index is 13.4. The van der Waals surface area contributed by atoms with Gasteiger partial charge in [0.15, 0.2) is 0 Å². The predicted molar refractivity (Wildman–Crippen MR) is 113 cm³/mol. The zero-order chi connectivity index (χ0) is 22.2. The average Bonchev–Trinajstić information content (AvgIpc) is 2.79. The molecule has 0 saturated carbocycles. The van der Waals surface area contributed by atoms with Crippen LogP contribution in [-0.2, 0) is 10.0 Å². The highest BCUT2D eigenvalue weighted by atomic mass is 32.2. The molecule has 0 amide bonds. The number of nitrogens with zero attached hydrogens (tertiary/aromatic N) is 3. The highest BCUT2D eigenvalue weighted by Gasteiger charge is 2.32. The van der Waals surface area contributed by atoms with Gasteiger partial charge in [0.25, 0.3) is 5.56 Å².